The van der Waals surface area contributed by atoms with Gasteiger partial charge in [0.1, 0.15) is 11.7 Å². The van der Waals surface area contributed by atoms with E-state index in [0.29, 0.717) is 16.6 Å². The lowest BCUT2D eigenvalue weighted by atomic mass is 10.6. The molecule has 0 fully saturated rings. The number of hydrogen-bond donors (Lipinski definition) is 0. The summed E-state index contributed by atoms with van der Waals surface area (Å²) in [4.78, 5) is 0. The number of aromatic nitrogens is 3. The fraction of sp³-hybridized carbons (Fsp3) is 0. The highest BCUT2D eigenvalue weighted by Crippen LogP contribution is 1.85. The predicted octanol–water partition coefficient (Wildman–Crippen LogP) is -0.857. The topological polar surface area (TPSA) is 43.3 Å². The Hall–Kier alpha value is -1.58. The molecule has 0 bridgehead atoms. The van der Waals surface area contributed by atoms with Gasteiger partial charge in [-0.2, -0.15) is 0 Å². The van der Waals surface area contributed by atoms with Crippen LogP contribution in [0.15, 0.2) is 10.7 Å². The first kappa shape index (κ1) is 5.22. The molecular weight excluding hydrogens is 130 g/mol. The largest absolute Gasteiger partial charge is 0.423 e. The van der Waals surface area contributed by atoms with E-state index in [4.69, 9.17) is 4.42 Å². The molecule has 2 rings (SSSR count). The smallest absolute Gasteiger partial charge is 0.327 e. The molecule has 0 aromatic carbocycles. The maximum atomic E-state index is 5.05. The number of oxazole rings is 1. The van der Waals surface area contributed by atoms with E-state index in [1.807, 2.05) is 0 Å². The van der Waals surface area contributed by atoms with Crippen molar-refractivity contribution in [3.8, 4) is 0 Å². The number of hydrogen-bond acceptors (Lipinski definition) is 3. The van der Waals surface area contributed by atoms with Crippen LogP contribution in [0.1, 0.15) is 0 Å². The highest BCUT2D eigenvalue weighted by Gasteiger charge is 1.98. The molecule has 0 radical (unpaired) electrons. The quantitative estimate of drug-likeness (QED) is 0.472. The molecule has 0 unspecified atom stereocenters. The van der Waals surface area contributed by atoms with Crippen molar-refractivity contribution in [3.05, 3.63) is 17.1 Å². The van der Waals surface area contributed by atoms with Crippen molar-refractivity contribution < 1.29 is 4.42 Å². The van der Waals surface area contributed by atoms with Crippen molar-refractivity contribution in [2.45, 2.75) is 0 Å². The van der Waals surface area contributed by atoms with Crippen LogP contribution in [0.5, 0.6) is 0 Å². The maximum Gasteiger partial charge on any atom is 0.327 e. The third-order valence-electron chi connectivity index (χ3n) is 1.34. The molecule has 0 atom stereocenters. The molecule has 0 N–H and O–H groups in total. The van der Waals surface area contributed by atoms with Crippen molar-refractivity contribution in [1.29, 1.82) is 0 Å². The SMILES string of the molecule is C=c1oc2nncn2c1=C. The molecule has 2 aromatic heterocycles. The van der Waals surface area contributed by atoms with Crippen LogP contribution in [0.4, 0.5) is 0 Å². The van der Waals surface area contributed by atoms with Crippen LogP contribution in [-0.4, -0.2) is 14.6 Å². The molecule has 0 amide bonds. The Balaban J connectivity index is 3.24. The Kier molecular flexibility index (Phi) is 0.768. The van der Waals surface area contributed by atoms with Crippen LogP contribution < -0.4 is 10.8 Å². The van der Waals surface area contributed by atoms with E-state index in [2.05, 4.69) is 23.4 Å². The van der Waals surface area contributed by atoms with Crippen molar-refractivity contribution in [1.82, 2.24) is 14.6 Å². The fourth-order valence-electron chi connectivity index (χ4n) is 0.783. The lowest BCUT2D eigenvalue weighted by molar-refractivity contribution is 0.559. The van der Waals surface area contributed by atoms with E-state index >= 15 is 0 Å². The van der Waals surface area contributed by atoms with Gasteiger partial charge in [0.2, 0.25) is 0 Å². The molecular formula is C6H5N3O. The second kappa shape index (κ2) is 1.47. The van der Waals surface area contributed by atoms with Crippen molar-refractivity contribution in [3.63, 3.8) is 0 Å². The van der Waals surface area contributed by atoms with Gasteiger partial charge in [-0.05, 0) is 0 Å². The lowest BCUT2D eigenvalue weighted by Gasteiger charge is -1.70. The third-order valence-corrected chi connectivity index (χ3v) is 1.34. The summed E-state index contributed by atoms with van der Waals surface area (Å²) in [6.07, 6.45) is 1.54. The van der Waals surface area contributed by atoms with Gasteiger partial charge < -0.3 is 4.42 Å². The van der Waals surface area contributed by atoms with Gasteiger partial charge in [0.15, 0.2) is 0 Å². The van der Waals surface area contributed by atoms with Crippen LogP contribution in [0, 0.1) is 0 Å². The zero-order valence-electron chi connectivity index (χ0n) is 5.24. The van der Waals surface area contributed by atoms with Crippen LogP contribution in [0.3, 0.4) is 0 Å². The van der Waals surface area contributed by atoms with Gasteiger partial charge in [0, 0.05) is 0 Å². The first-order chi connectivity index (χ1) is 4.79. The summed E-state index contributed by atoms with van der Waals surface area (Å²) in [6.45, 7) is 7.32. The summed E-state index contributed by atoms with van der Waals surface area (Å²) in [5, 5.41) is 7.98. The predicted molar refractivity (Wildman–Crippen MR) is 35.5 cm³/mol. The van der Waals surface area contributed by atoms with E-state index in [-0.39, 0.29) is 0 Å². The van der Waals surface area contributed by atoms with E-state index in [0.717, 1.165) is 0 Å². The van der Waals surface area contributed by atoms with Crippen LogP contribution in [-0.2, 0) is 0 Å². The van der Waals surface area contributed by atoms with Crippen molar-refractivity contribution >= 4 is 19.0 Å². The summed E-state index contributed by atoms with van der Waals surface area (Å²) >= 11 is 0. The molecule has 50 valence electrons. The van der Waals surface area contributed by atoms with Gasteiger partial charge in [-0.15, -0.1) is 5.10 Å². The van der Waals surface area contributed by atoms with Gasteiger partial charge in [-0.25, -0.2) is 4.40 Å². The molecule has 0 aliphatic heterocycles. The molecule has 0 aliphatic rings. The molecule has 0 spiro atoms. The Morgan fingerprint density at radius 3 is 3.00 bits per heavy atom. The van der Waals surface area contributed by atoms with Crippen molar-refractivity contribution in [2.24, 2.45) is 0 Å². The molecule has 0 saturated heterocycles. The fourth-order valence-corrected chi connectivity index (χ4v) is 0.783. The molecule has 10 heavy (non-hydrogen) atoms. The first-order valence-electron chi connectivity index (χ1n) is 2.75. The molecule has 4 nitrogen and oxygen atoms in total. The monoisotopic (exact) mass is 135 g/mol. The Labute approximate surface area is 56.1 Å². The van der Waals surface area contributed by atoms with E-state index < -0.39 is 0 Å². The van der Waals surface area contributed by atoms with Crippen LogP contribution in [0.2, 0.25) is 0 Å². The van der Waals surface area contributed by atoms with Gasteiger partial charge in [-0.1, -0.05) is 18.3 Å². The molecule has 0 aliphatic carbocycles. The summed E-state index contributed by atoms with van der Waals surface area (Å²) in [5.41, 5.74) is 0.532. The Bertz CT molecular complexity index is 453. The minimum atomic E-state index is 0.440. The minimum Gasteiger partial charge on any atom is -0.423 e. The normalized spacial score (nSPS) is 10.8. The lowest BCUT2D eigenvalue weighted by Crippen LogP contribution is -2.21. The Morgan fingerprint density at radius 2 is 2.30 bits per heavy atom. The average molecular weight is 135 g/mol. The van der Waals surface area contributed by atoms with E-state index in [1.54, 1.807) is 4.40 Å². The van der Waals surface area contributed by atoms with Gasteiger partial charge >= 0.3 is 5.84 Å². The highest BCUT2D eigenvalue weighted by molar-refractivity contribution is 5.22. The summed E-state index contributed by atoms with van der Waals surface area (Å²) in [5.74, 6) is 0.440. The Morgan fingerprint density at radius 1 is 1.50 bits per heavy atom. The molecule has 4 heteroatoms. The first-order valence-corrected chi connectivity index (χ1v) is 2.75. The molecule has 2 heterocycles. The van der Waals surface area contributed by atoms with Gasteiger partial charge in [0.25, 0.3) is 0 Å². The summed E-state index contributed by atoms with van der Waals surface area (Å²) in [7, 11) is 0. The number of fused-ring (bicyclic) bond motifs is 1. The van der Waals surface area contributed by atoms with Crippen LogP contribution >= 0.6 is 0 Å². The molecule has 2 aromatic rings. The van der Waals surface area contributed by atoms with E-state index in [9.17, 15) is 0 Å². The standard InChI is InChI=1S/C6H5N3O/c1-4-5(2)10-6-8-7-3-9(4)6/h3H,1-2H2. The highest BCUT2D eigenvalue weighted by atomic mass is 16.4. The maximum absolute atomic E-state index is 5.05. The zero-order chi connectivity index (χ0) is 7.14. The third kappa shape index (κ3) is 0.452. The van der Waals surface area contributed by atoms with E-state index in [1.165, 1.54) is 6.33 Å². The number of rotatable bonds is 0. The second-order valence-corrected chi connectivity index (χ2v) is 1.96. The van der Waals surface area contributed by atoms with Crippen LogP contribution in [0.25, 0.3) is 19.0 Å². The minimum absolute atomic E-state index is 0.440. The zero-order valence-corrected chi connectivity index (χ0v) is 5.24. The summed E-state index contributed by atoms with van der Waals surface area (Å²) < 4.78 is 6.70. The number of nitrogens with zero attached hydrogens (tertiary/aromatic N) is 3. The van der Waals surface area contributed by atoms with Gasteiger partial charge in [-0.3, -0.25) is 0 Å². The second-order valence-electron chi connectivity index (χ2n) is 1.96. The summed E-state index contributed by atoms with van der Waals surface area (Å²) in [6, 6.07) is 0. The molecule has 0 saturated carbocycles. The average Bonchev–Trinajstić information content (AvgIpc) is 2.41. The van der Waals surface area contributed by atoms with Gasteiger partial charge in [0.05, 0.1) is 5.35 Å². The van der Waals surface area contributed by atoms with Crippen molar-refractivity contribution in [2.75, 3.05) is 0 Å².